The number of ether oxygens (including phenoxy) is 2. The smallest absolute Gasteiger partial charge is 0.165 e. The number of aromatic nitrogens is 2. The molecule has 4 rings (SSSR count). The molecule has 0 radical (unpaired) electrons. The highest BCUT2D eigenvalue weighted by Gasteiger charge is 2.24. The number of halogens is 1. The van der Waals surface area contributed by atoms with E-state index in [4.69, 9.17) is 9.47 Å². The molecule has 2 heterocycles. The Kier molecular flexibility index (Phi) is 6.77. The Morgan fingerprint density at radius 3 is 2.73 bits per heavy atom. The van der Waals surface area contributed by atoms with Gasteiger partial charge in [-0.2, -0.15) is 5.10 Å². The molecule has 1 saturated heterocycles. The monoisotopic (exact) mass is 409 g/mol. The van der Waals surface area contributed by atoms with Gasteiger partial charge in [-0.25, -0.2) is 4.39 Å². The highest BCUT2D eigenvalue weighted by Crippen LogP contribution is 2.23. The molecule has 1 aliphatic rings. The number of hydrogen-bond donors (Lipinski definition) is 0. The molecule has 0 saturated carbocycles. The van der Waals surface area contributed by atoms with Crippen molar-refractivity contribution < 1.29 is 13.9 Å². The number of aryl methyl sites for hydroxylation is 1. The fourth-order valence-electron chi connectivity index (χ4n) is 3.77. The molecule has 6 heteroatoms. The third-order valence-corrected chi connectivity index (χ3v) is 5.49. The van der Waals surface area contributed by atoms with Crippen molar-refractivity contribution in [1.29, 1.82) is 0 Å². The van der Waals surface area contributed by atoms with E-state index in [0.717, 1.165) is 37.4 Å². The first-order chi connectivity index (χ1) is 14.7. The first-order valence-electron chi connectivity index (χ1n) is 10.5. The van der Waals surface area contributed by atoms with E-state index in [1.54, 1.807) is 18.2 Å². The van der Waals surface area contributed by atoms with Crippen LogP contribution in [0.15, 0.2) is 60.7 Å². The van der Waals surface area contributed by atoms with E-state index in [9.17, 15) is 4.39 Å². The Morgan fingerprint density at radius 2 is 1.90 bits per heavy atom. The van der Waals surface area contributed by atoms with Gasteiger partial charge in [-0.05, 0) is 30.2 Å². The number of rotatable bonds is 8. The van der Waals surface area contributed by atoms with Crippen molar-refractivity contribution in [2.45, 2.75) is 18.9 Å². The first kappa shape index (κ1) is 20.6. The van der Waals surface area contributed by atoms with Crippen LogP contribution in [0, 0.1) is 5.82 Å². The highest BCUT2D eigenvalue weighted by atomic mass is 19.1. The predicted octanol–water partition coefficient (Wildman–Crippen LogP) is 3.80. The predicted molar refractivity (Wildman–Crippen MR) is 114 cm³/mol. The second-order valence-electron chi connectivity index (χ2n) is 7.61. The number of nitrogens with zero attached hydrogens (tertiary/aromatic N) is 3. The van der Waals surface area contributed by atoms with E-state index in [2.05, 4.69) is 40.3 Å². The van der Waals surface area contributed by atoms with E-state index < -0.39 is 0 Å². The Morgan fingerprint density at radius 1 is 1.10 bits per heavy atom. The molecule has 1 fully saturated rings. The van der Waals surface area contributed by atoms with E-state index in [1.807, 2.05) is 17.8 Å². The summed E-state index contributed by atoms with van der Waals surface area (Å²) in [5, 5.41) is 4.67. The topological polar surface area (TPSA) is 39.5 Å². The molecule has 5 nitrogen and oxygen atoms in total. The summed E-state index contributed by atoms with van der Waals surface area (Å²) in [4.78, 5) is 2.44. The molecule has 1 aliphatic heterocycles. The summed E-state index contributed by atoms with van der Waals surface area (Å²) < 4.78 is 27.1. The average Bonchev–Trinajstić information content (AvgIpc) is 3.15. The van der Waals surface area contributed by atoms with Gasteiger partial charge in [0.25, 0.3) is 0 Å². The minimum absolute atomic E-state index is 0.0260. The third-order valence-electron chi connectivity index (χ3n) is 5.49. The lowest BCUT2D eigenvalue weighted by molar-refractivity contribution is -0.0318. The highest BCUT2D eigenvalue weighted by molar-refractivity contribution is 5.23. The minimum Gasteiger partial charge on any atom is -0.490 e. The fourth-order valence-corrected chi connectivity index (χ4v) is 3.77. The molecule has 0 amide bonds. The fraction of sp³-hybridized carbons (Fsp3) is 0.375. The molecule has 0 spiro atoms. The summed E-state index contributed by atoms with van der Waals surface area (Å²) in [5.74, 6) is -0.0565. The lowest BCUT2D eigenvalue weighted by Gasteiger charge is -2.32. The van der Waals surface area contributed by atoms with Crippen LogP contribution < -0.4 is 4.74 Å². The Balaban J connectivity index is 1.31. The summed E-state index contributed by atoms with van der Waals surface area (Å²) in [7, 11) is 1.93. The molecule has 158 valence electrons. The second-order valence-corrected chi connectivity index (χ2v) is 7.61. The Labute approximate surface area is 177 Å². The van der Waals surface area contributed by atoms with Crippen LogP contribution in [0.4, 0.5) is 4.39 Å². The molecule has 0 aliphatic carbocycles. The van der Waals surface area contributed by atoms with Gasteiger partial charge >= 0.3 is 0 Å². The molecule has 1 atom stereocenters. The standard InChI is InChI=1S/C24H28FN3O2/c1-27-20(12-15-29-23-10-6-5-9-21(23)25)17-22(26-27)24-18-28(14-16-30-24)13-11-19-7-3-2-4-8-19/h2-10,17,24H,11-16,18H2,1H3/t24-/m0/s1. The van der Waals surface area contributed by atoms with E-state index in [1.165, 1.54) is 11.6 Å². The molecule has 3 aromatic rings. The summed E-state index contributed by atoms with van der Waals surface area (Å²) in [6.45, 7) is 3.91. The zero-order valence-corrected chi connectivity index (χ0v) is 17.3. The largest absolute Gasteiger partial charge is 0.490 e. The van der Waals surface area contributed by atoms with Crippen molar-refractivity contribution in [2.24, 2.45) is 7.05 Å². The van der Waals surface area contributed by atoms with Gasteiger partial charge in [-0.3, -0.25) is 9.58 Å². The number of morpholine rings is 1. The van der Waals surface area contributed by atoms with Gasteiger partial charge in [-0.1, -0.05) is 42.5 Å². The van der Waals surface area contributed by atoms with Crippen molar-refractivity contribution in [3.8, 4) is 5.75 Å². The number of benzene rings is 2. The van der Waals surface area contributed by atoms with Gasteiger partial charge in [0.1, 0.15) is 6.10 Å². The Hall–Kier alpha value is -2.70. The molecule has 0 N–H and O–H groups in total. The summed E-state index contributed by atoms with van der Waals surface area (Å²) in [6.07, 6.45) is 1.67. The molecular weight excluding hydrogens is 381 g/mol. The van der Waals surface area contributed by atoms with Crippen LogP contribution >= 0.6 is 0 Å². The number of para-hydroxylation sites is 1. The first-order valence-corrected chi connectivity index (χ1v) is 10.5. The average molecular weight is 410 g/mol. The lowest BCUT2D eigenvalue weighted by Crippen LogP contribution is -2.39. The quantitative estimate of drug-likeness (QED) is 0.567. The van der Waals surface area contributed by atoms with Crippen molar-refractivity contribution in [1.82, 2.24) is 14.7 Å². The third kappa shape index (κ3) is 5.26. The van der Waals surface area contributed by atoms with E-state index >= 15 is 0 Å². The van der Waals surface area contributed by atoms with E-state index in [-0.39, 0.29) is 17.7 Å². The zero-order chi connectivity index (χ0) is 20.8. The molecule has 2 aromatic carbocycles. The van der Waals surface area contributed by atoms with Crippen molar-refractivity contribution in [3.05, 3.63) is 83.4 Å². The van der Waals surface area contributed by atoms with Crippen LogP contribution in [0.25, 0.3) is 0 Å². The summed E-state index contributed by atoms with van der Waals surface area (Å²) >= 11 is 0. The molecular formula is C24H28FN3O2. The van der Waals surface area contributed by atoms with Gasteiger partial charge in [0.2, 0.25) is 0 Å². The zero-order valence-electron chi connectivity index (χ0n) is 17.3. The van der Waals surface area contributed by atoms with Gasteiger partial charge in [0.05, 0.1) is 18.9 Å². The molecule has 1 aromatic heterocycles. The van der Waals surface area contributed by atoms with Crippen LogP contribution in [0.1, 0.15) is 23.1 Å². The number of hydrogen-bond acceptors (Lipinski definition) is 4. The second kappa shape index (κ2) is 9.87. The SMILES string of the molecule is Cn1nc([C@@H]2CN(CCc3ccccc3)CCO2)cc1CCOc1ccccc1F. The van der Waals surface area contributed by atoms with Crippen molar-refractivity contribution >= 4 is 0 Å². The molecule has 0 unspecified atom stereocenters. The summed E-state index contributed by atoms with van der Waals surface area (Å²) in [6, 6.07) is 19.1. The van der Waals surface area contributed by atoms with Crippen LogP contribution in [0.2, 0.25) is 0 Å². The maximum atomic E-state index is 13.7. The van der Waals surface area contributed by atoms with Crippen LogP contribution in [0.3, 0.4) is 0 Å². The van der Waals surface area contributed by atoms with E-state index in [0.29, 0.717) is 19.6 Å². The molecule has 0 bridgehead atoms. The van der Waals surface area contributed by atoms with Gasteiger partial charge in [-0.15, -0.1) is 0 Å². The van der Waals surface area contributed by atoms with Crippen LogP contribution in [-0.2, 0) is 24.6 Å². The maximum absolute atomic E-state index is 13.7. The Bertz CT molecular complexity index is 945. The van der Waals surface area contributed by atoms with Gasteiger partial charge < -0.3 is 9.47 Å². The normalized spacial score (nSPS) is 17.2. The maximum Gasteiger partial charge on any atom is 0.165 e. The van der Waals surface area contributed by atoms with Crippen LogP contribution in [0.5, 0.6) is 5.75 Å². The van der Waals surface area contributed by atoms with Crippen molar-refractivity contribution in [3.63, 3.8) is 0 Å². The summed E-state index contributed by atoms with van der Waals surface area (Å²) in [5.41, 5.74) is 3.35. The van der Waals surface area contributed by atoms with Crippen molar-refractivity contribution in [2.75, 3.05) is 32.8 Å². The van der Waals surface area contributed by atoms with Gasteiger partial charge in [0, 0.05) is 38.8 Å². The minimum atomic E-state index is -0.339. The molecule has 30 heavy (non-hydrogen) atoms. The van der Waals surface area contributed by atoms with Crippen LogP contribution in [-0.4, -0.2) is 47.5 Å². The lowest BCUT2D eigenvalue weighted by atomic mass is 10.1. The van der Waals surface area contributed by atoms with Gasteiger partial charge in [0.15, 0.2) is 11.6 Å².